The van der Waals surface area contributed by atoms with E-state index in [-0.39, 0.29) is 11.4 Å². The lowest BCUT2D eigenvalue weighted by molar-refractivity contribution is -0.385. The number of non-ortho nitro benzene ring substituents is 2. The molecule has 128 valence electrons. The summed E-state index contributed by atoms with van der Waals surface area (Å²) in [4.78, 5) is 30.2. The molecule has 0 amide bonds. The minimum absolute atomic E-state index is 0.0152. The molecule has 0 bridgehead atoms. The molecule has 2 rings (SSSR count). The molecule has 0 aliphatic carbocycles. The number of rotatable bonds is 2. The number of methoxy groups -OCH3 is 1. The maximum atomic E-state index is 10.7. The predicted octanol–water partition coefficient (Wildman–Crippen LogP) is 3.32. The van der Waals surface area contributed by atoms with Gasteiger partial charge in [0.15, 0.2) is 0 Å². The summed E-state index contributed by atoms with van der Waals surface area (Å²) in [5, 5.41) is 20.4. The van der Waals surface area contributed by atoms with E-state index in [4.69, 9.17) is 0 Å². The monoisotopic (exact) mass is 454 g/mol. The van der Waals surface area contributed by atoms with Crippen molar-refractivity contribution < 1.29 is 19.4 Å². The predicted molar refractivity (Wildman–Crippen MR) is 97.8 cm³/mol. The molecule has 0 spiro atoms. The van der Waals surface area contributed by atoms with Gasteiger partial charge in [0.2, 0.25) is 0 Å². The van der Waals surface area contributed by atoms with Crippen molar-refractivity contribution in [3.8, 4) is 11.8 Å². The molecule has 25 heavy (non-hydrogen) atoms. The van der Waals surface area contributed by atoms with E-state index in [1.54, 1.807) is 12.1 Å². The van der Waals surface area contributed by atoms with Crippen LogP contribution in [0.5, 0.6) is 0 Å². The van der Waals surface area contributed by atoms with Gasteiger partial charge in [-0.25, -0.2) is 4.79 Å². The topological polar surface area (TPSA) is 113 Å². The molecule has 0 unspecified atom stereocenters. The fourth-order valence-electron chi connectivity index (χ4n) is 1.40. The van der Waals surface area contributed by atoms with E-state index >= 15 is 0 Å². The van der Waals surface area contributed by atoms with Gasteiger partial charge in [0.05, 0.1) is 17.0 Å². The summed E-state index contributed by atoms with van der Waals surface area (Å²) in [6.45, 7) is 0. The molecule has 0 N–H and O–H groups in total. The van der Waals surface area contributed by atoms with Crippen molar-refractivity contribution in [1.82, 2.24) is 0 Å². The highest BCUT2D eigenvalue weighted by atomic mass is 127. The number of carbonyl (C=O) groups is 1. The Morgan fingerprint density at radius 3 is 1.80 bits per heavy atom. The number of hydrogen-bond donors (Lipinski definition) is 0. The van der Waals surface area contributed by atoms with Crippen molar-refractivity contribution in [2.45, 2.75) is 0 Å². The SMILES string of the molecule is COC(=O)C#Cc1ccc([N+](=O)[O-])cc1.O=[N+]([O-])c1ccc(I)cc1. The van der Waals surface area contributed by atoms with Crippen LogP contribution in [0, 0.1) is 35.6 Å². The first-order valence-electron chi connectivity index (χ1n) is 6.58. The second-order valence-corrected chi connectivity index (χ2v) is 5.52. The van der Waals surface area contributed by atoms with Gasteiger partial charge in [-0.3, -0.25) is 20.2 Å². The zero-order chi connectivity index (χ0) is 18.8. The second-order valence-electron chi connectivity index (χ2n) is 4.28. The van der Waals surface area contributed by atoms with Gasteiger partial charge in [-0.05, 0) is 46.9 Å². The molecule has 0 aromatic heterocycles. The number of ether oxygens (including phenoxy) is 1. The fraction of sp³-hybridized carbons (Fsp3) is 0.0625. The minimum atomic E-state index is -0.645. The van der Waals surface area contributed by atoms with E-state index in [0.29, 0.717) is 5.56 Å². The van der Waals surface area contributed by atoms with Gasteiger partial charge in [-0.15, -0.1) is 0 Å². The molecule has 0 aliphatic heterocycles. The number of benzene rings is 2. The number of carbonyl (C=O) groups excluding carboxylic acids is 1. The van der Waals surface area contributed by atoms with Gasteiger partial charge < -0.3 is 4.74 Å². The van der Waals surface area contributed by atoms with Gasteiger partial charge >= 0.3 is 5.97 Å². The molecule has 0 aliphatic rings. The summed E-state index contributed by atoms with van der Waals surface area (Å²) in [7, 11) is 1.23. The van der Waals surface area contributed by atoms with E-state index in [1.165, 1.54) is 43.5 Å². The Kier molecular flexibility index (Phi) is 8.01. The van der Waals surface area contributed by atoms with E-state index in [1.807, 2.05) is 0 Å². The number of halogens is 1. The number of hydrogen-bond acceptors (Lipinski definition) is 6. The highest BCUT2D eigenvalue weighted by molar-refractivity contribution is 14.1. The van der Waals surface area contributed by atoms with Crippen LogP contribution in [0.25, 0.3) is 0 Å². The largest absolute Gasteiger partial charge is 0.459 e. The molecule has 0 saturated heterocycles. The molecule has 8 nitrogen and oxygen atoms in total. The van der Waals surface area contributed by atoms with Gasteiger partial charge in [0.25, 0.3) is 11.4 Å². The first-order valence-corrected chi connectivity index (χ1v) is 7.65. The summed E-state index contributed by atoms with van der Waals surface area (Å²) in [5.74, 6) is 4.09. The molecule has 2 aromatic rings. The van der Waals surface area contributed by atoms with E-state index in [9.17, 15) is 25.0 Å². The van der Waals surface area contributed by atoms with Crippen molar-refractivity contribution in [3.05, 3.63) is 77.9 Å². The Morgan fingerprint density at radius 1 is 0.960 bits per heavy atom. The fourth-order valence-corrected chi connectivity index (χ4v) is 1.76. The lowest BCUT2D eigenvalue weighted by Gasteiger charge is -1.90. The Bertz CT molecular complexity index is 822. The summed E-state index contributed by atoms with van der Waals surface area (Å²) in [6, 6.07) is 12.0. The first-order chi connectivity index (χ1) is 11.8. The van der Waals surface area contributed by atoms with E-state index < -0.39 is 15.8 Å². The second kappa shape index (κ2) is 9.99. The van der Waals surface area contributed by atoms with Crippen LogP contribution in [0.15, 0.2) is 48.5 Å². The Labute approximate surface area is 156 Å². The summed E-state index contributed by atoms with van der Waals surface area (Å²) in [5.41, 5.74) is 0.644. The lowest BCUT2D eigenvalue weighted by atomic mass is 10.2. The highest BCUT2D eigenvalue weighted by Gasteiger charge is 2.02. The smallest absolute Gasteiger partial charge is 0.384 e. The van der Waals surface area contributed by atoms with Gasteiger partial charge in [0.1, 0.15) is 0 Å². The maximum absolute atomic E-state index is 10.7. The Morgan fingerprint density at radius 2 is 1.40 bits per heavy atom. The standard InChI is InChI=1S/C10H7NO4.C6H4INO2/c1-15-10(12)7-4-8-2-5-9(6-3-8)11(13)14;7-5-1-3-6(4-2-5)8(9)10/h2-3,5-6H,1H3;1-4H. The zero-order valence-electron chi connectivity index (χ0n) is 12.8. The summed E-state index contributed by atoms with van der Waals surface area (Å²) in [6.07, 6.45) is 0. The summed E-state index contributed by atoms with van der Waals surface area (Å²) >= 11 is 2.10. The van der Waals surface area contributed by atoms with E-state index in [0.717, 1.165) is 3.57 Å². The van der Waals surface area contributed by atoms with Crippen molar-refractivity contribution in [2.24, 2.45) is 0 Å². The third-order valence-corrected chi connectivity index (χ3v) is 3.33. The number of esters is 1. The average Bonchev–Trinajstić information content (AvgIpc) is 2.61. The van der Waals surface area contributed by atoms with Crippen LogP contribution in [0.1, 0.15) is 5.56 Å². The van der Waals surface area contributed by atoms with Crippen molar-refractivity contribution >= 4 is 39.9 Å². The number of nitro benzene ring substituents is 2. The van der Waals surface area contributed by atoms with Crippen molar-refractivity contribution in [1.29, 1.82) is 0 Å². The number of nitrogens with zero attached hydrogens (tertiary/aromatic N) is 2. The third kappa shape index (κ3) is 7.40. The molecule has 9 heteroatoms. The molecule has 0 radical (unpaired) electrons. The quantitative estimate of drug-likeness (QED) is 0.226. The number of nitro groups is 2. The van der Waals surface area contributed by atoms with Crippen LogP contribution in [0.3, 0.4) is 0 Å². The normalized spacial score (nSPS) is 8.88. The van der Waals surface area contributed by atoms with Crippen molar-refractivity contribution in [2.75, 3.05) is 7.11 Å². The molecule has 0 heterocycles. The van der Waals surface area contributed by atoms with Crippen LogP contribution in [-0.2, 0) is 9.53 Å². The van der Waals surface area contributed by atoms with Gasteiger partial charge in [0, 0.05) is 39.3 Å². The van der Waals surface area contributed by atoms with Crippen LogP contribution in [0.4, 0.5) is 11.4 Å². The van der Waals surface area contributed by atoms with Gasteiger partial charge in [-0.2, -0.15) is 0 Å². The van der Waals surface area contributed by atoms with Gasteiger partial charge in [-0.1, -0.05) is 5.92 Å². The molecule has 2 aromatic carbocycles. The molecule has 0 atom stereocenters. The maximum Gasteiger partial charge on any atom is 0.384 e. The first kappa shape index (κ1) is 20.0. The van der Waals surface area contributed by atoms with Crippen LogP contribution >= 0.6 is 22.6 Å². The van der Waals surface area contributed by atoms with Crippen molar-refractivity contribution in [3.63, 3.8) is 0 Å². The van der Waals surface area contributed by atoms with Crippen LogP contribution < -0.4 is 0 Å². The highest BCUT2D eigenvalue weighted by Crippen LogP contribution is 2.12. The Balaban J connectivity index is 0.000000271. The molecule has 0 fully saturated rings. The van der Waals surface area contributed by atoms with Crippen LogP contribution in [0.2, 0.25) is 0 Å². The lowest BCUT2D eigenvalue weighted by Crippen LogP contribution is -1.94. The summed E-state index contributed by atoms with van der Waals surface area (Å²) < 4.78 is 5.32. The molecule has 0 saturated carbocycles. The van der Waals surface area contributed by atoms with Crippen LogP contribution in [-0.4, -0.2) is 22.9 Å². The Hall–Kier alpha value is -3.00. The minimum Gasteiger partial charge on any atom is -0.459 e. The zero-order valence-corrected chi connectivity index (χ0v) is 15.0. The molecular weight excluding hydrogens is 443 g/mol. The average molecular weight is 454 g/mol. The van der Waals surface area contributed by atoms with E-state index in [2.05, 4.69) is 39.2 Å². The molecular formula is C16H11IN2O6. The third-order valence-electron chi connectivity index (χ3n) is 2.61.